The van der Waals surface area contributed by atoms with Crippen LogP contribution in [0.5, 0.6) is 5.75 Å². The van der Waals surface area contributed by atoms with Crippen molar-refractivity contribution in [2.75, 3.05) is 13.7 Å². The van der Waals surface area contributed by atoms with Crippen LogP contribution in [-0.2, 0) is 9.47 Å². The van der Waals surface area contributed by atoms with Gasteiger partial charge in [0.05, 0.1) is 0 Å². The van der Waals surface area contributed by atoms with Gasteiger partial charge in [0.25, 0.3) is 0 Å². The van der Waals surface area contributed by atoms with E-state index in [4.69, 9.17) is 14.2 Å². The molecule has 0 aromatic heterocycles. The molecule has 0 N–H and O–H groups in total. The Bertz CT molecular complexity index is 525. The third kappa shape index (κ3) is 4.10. The van der Waals surface area contributed by atoms with Crippen molar-refractivity contribution in [1.82, 2.24) is 0 Å². The Morgan fingerprint density at radius 2 is 1.60 bits per heavy atom. The van der Waals surface area contributed by atoms with Crippen LogP contribution in [0.15, 0.2) is 60.7 Å². The van der Waals surface area contributed by atoms with Crippen LogP contribution in [0.25, 0.3) is 0 Å². The molecule has 0 spiro atoms. The molecule has 4 heteroatoms. The molecule has 0 amide bonds. The van der Waals surface area contributed by atoms with E-state index in [0.717, 1.165) is 5.56 Å². The highest BCUT2D eigenvalue weighted by Crippen LogP contribution is 2.17. The van der Waals surface area contributed by atoms with Crippen LogP contribution in [0.4, 0.5) is 4.79 Å². The number of carbonyl (C=O) groups is 1. The normalized spacial score (nSPS) is 11.7. The van der Waals surface area contributed by atoms with Gasteiger partial charge in [-0.05, 0) is 17.7 Å². The van der Waals surface area contributed by atoms with Gasteiger partial charge in [0.2, 0.25) is 0 Å². The van der Waals surface area contributed by atoms with Crippen LogP contribution in [0.2, 0.25) is 0 Å². The number of carbonyl (C=O) groups excluding carboxylic acids is 1. The zero-order valence-electron chi connectivity index (χ0n) is 11.2. The van der Waals surface area contributed by atoms with Crippen molar-refractivity contribution in [3.8, 4) is 5.75 Å². The van der Waals surface area contributed by atoms with Crippen LogP contribution >= 0.6 is 0 Å². The molecule has 2 rings (SSSR count). The minimum absolute atomic E-state index is 0.103. The Balaban J connectivity index is 1.86. The average Bonchev–Trinajstić information content (AvgIpc) is 2.50. The molecule has 0 saturated carbocycles. The van der Waals surface area contributed by atoms with E-state index >= 15 is 0 Å². The molecule has 0 saturated heterocycles. The second-order valence-electron chi connectivity index (χ2n) is 4.11. The maximum Gasteiger partial charge on any atom is 0.513 e. The number of benzene rings is 2. The van der Waals surface area contributed by atoms with Crippen molar-refractivity contribution in [2.24, 2.45) is 0 Å². The fourth-order valence-electron chi connectivity index (χ4n) is 1.73. The number of hydrogen-bond acceptors (Lipinski definition) is 4. The molecule has 4 nitrogen and oxygen atoms in total. The first-order chi connectivity index (χ1) is 9.79. The van der Waals surface area contributed by atoms with E-state index in [1.807, 2.05) is 36.4 Å². The van der Waals surface area contributed by atoms with Crippen molar-refractivity contribution in [2.45, 2.75) is 6.10 Å². The Labute approximate surface area is 117 Å². The molecule has 0 bridgehead atoms. The first kappa shape index (κ1) is 14.1. The minimum Gasteiger partial charge on any atom is -0.431 e. The lowest BCUT2D eigenvalue weighted by molar-refractivity contribution is 0.0189. The van der Waals surface area contributed by atoms with Crippen LogP contribution in [0.1, 0.15) is 11.7 Å². The maximum atomic E-state index is 11.6. The Kier molecular flexibility index (Phi) is 5.15. The van der Waals surface area contributed by atoms with Gasteiger partial charge in [0.1, 0.15) is 18.5 Å². The zero-order valence-corrected chi connectivity index (χ0v) is 11.2. The molecule has 0 aliphatic carbocycles. The number of hydrogen-bond donors (Lipinski definition) is 0. The maximum absolute atomic E-state index is 11.6. The minimum atomic E-state index is -0.741. The van der Waals surface area contributed by atoms with E-state index in [2.05, 4.69) is 0 Å². The number of ether oxygens (including phenoxy) is 3. The summed E-state index contributed by atoms with van der Waals surface area (Å²) in [6.07, 6.45) is -1.05. The van der Waals surface area contributed by atoms with Crippen LogP contribution < -0.4 is 4.74 Å². The van der Waals surface area contributed by atoms with Gasteiger partial charge in [-0.3, -0.25) is 0 Å². The van der Waals surface area contributed by atoms with Crippen molar-refractivity contribution in [3.63, 3.8) is 0 Å². The van der Waals surface area contributed by atoms with E-state index < -0.39 is 6.16 Å². The average molecular weight is 272 g/mol. The van der Waals surface area contributed by atoms with Gasteiger partial charge in [0.15, 0.2) is 0 Å². The monoisotopic (exact) mass is 272 g/mol. The molecule has 0 aliphatic rings. The molecule has 1 unspecified atom stereocenters. The molecule has 0 heterocycles. The molecule has 20 heavy (non-hydrogen) atoms. The van der Waals surface area contributed by atoms with Gasteiger partial charge in [0, 0.05) is 7.11 Å². The standard InChI is InChI=1S/C16H16O4/c1-18-15(13-8-4-2-5-9-13)12-19-16(17)20-14-10-6-3-7-11-14/h2-11,15H,12H2,1H3. The summed E-state index contributed by atoms with van der Waals surface area (Å²) < 4.78 is 15.4. The van der Waals surface area contributed by atoms with Crippen molar-refractivity contribution in [3.05, 3.63) is 66.2 Å². The molecule has 104 valence electrons. The summed E-state index contributed by atoms with van der Waals surface area (Å²) in [7, 11) is 1.57. The quantitative estimate of drug-likeness (QED) is 0.616. The fourth-order valence-corrected chi connectivity index (χ4v) is 1.73. The molecule has 0 fully saturated rings. The highest BCUT2D eigenvalue weighted by Gasteiger charge is 2.14. The van der Waals surface area contributed by atoms with Crippen molar-refractivity contribution >= 4 is 6.16 Å². The first-order valence-corrected chi connectivity index (χ1v) is 6.27. The predicted octanol–water partition coefficient (Wildman–Crippen LogP) is 3.59. The van der Waals surface area contributed by atoms with E-state index in [1.54, 1.807) is 31.4 Å². The Hall–Kier alpha value is -2.33. The van der Waals surface area contributed by atoms with Crippen LogP contribution in [0, 0.1) is 0 Å². The van der Waals surface area contributed by atoms with Crippen molar-refractivity contribution in [1.29, 1.82) is 0 Å². The summed E-state index contributed by atoms with van der Waals surface area (Å²) in [4.78, 5) is 11.6. The van der Waals surface area contributed by atoms with E-state index in [0.29, 0.717) is 5.75 Å². The van der Waals surface area contributed by atoms with E-state index in [-0.39, 0.29) is 12.7 Å². The molecule has 0 aliphatic heterocycles. The summed E-state index contributed by atoms with van der Waals surface area (Å²) >= 11 is 0. The van der Waals surface area contributed by atoms with Crippen LogP contribution in [0.3, 0.4) is 0 Å². The lowest BCUT2D eigenvalue weighted by atomic mass is 10.1. The van der Waals surface area contributed by atoms with Gasteiger partial charge >= 0.3 is 6.16 Å². The third-order valence-corrected chi connectivity index (χ3v) is 2.75. The molecule has 0 radical (unpaired) electrons. The lowest BCUT2D eigenvalue weighted by Crippen LogP contribution is -2.17. The zero-order chi connectivity index (χ0) is 14.2. The van der Waals surface area contributed by atoms with Gasteiger partial charge < -0.3 is 14.2 Å². The SMILES string of the molecule is COC(COC(=O)Oc1ccccc1)c1ccccc1. The highest BCUT2D eigenvalue weighted by atomic mass is 16.7. The second kappa shape index (κ2) is 7.31. The highest BCUT2D eigenvalue weighted by molar-refractivity contribution is 5.63. The Morgan fingerprint density at radius 3 is 2.20 bits per heavy atom. The van der Waals surface area contributed by atoms with Gasteiger partial charge in [-0.2, -0.15) is 0 Å². The molecular weight excluding hydrogens is 256 g/mol. The third-order valence-electron chi connectivity index (χ3n) is 2.75. The smallest absolute Gasteiger partial charge is 0.431 e. The summed E-state index contributed by atoms with van der Waals surface area (Å²) in [5.41, 5.74) is 0.947. The number of rotatable bonds is 5. The molecule has 1 atom stereocenters. The number of methoxy groups -OCH3 is 1. The topological polar surface area (TPSA) is 44.8 Å². The van der Waals surface area contributed by atoms with Gasteiger partial charge in [-0.1, -0.05) is 48.5 Å². The summed E-state index contributed by atoms with van der Waals surface area (Å²) in [5, 5.41) is 0. The van der Waals surface area contributed by atoms with Gasteiger partial charge in [-0.25, -0.2) is 4.79 Å². The molecule has 2 aromatic rings. The summed E-state index contributed by atoms with van der Waals surface area (Å²) in [6, 6.07) is 18.3. The summed E-state index contributed by atoms with van der Waals surface area (Å²) in [6.45, 7) is 0.103. The lowest BCUT2D eigenvalue weighted by Gasteiger charge is -2.15. The van der Waals surface area contributed by atoms with E-state index in [9.17, 15) is 4.79 Å². The van der Waals surface area contributed by atoms with Gasteiger partial charge in [-0.15, -0.1) is 0 Å². The largest absolute Gasteiger partial charge is 0.513 e. The fraction of sp³-hybridized carbons (Fsp3) is 0.188. The number of para-hydroxylation sites is 1. The van der Waals surface area contributed by atoms with Crippen molar-refractivity contribution < 1.29 is 19.0 Å². The summed E-state index contributed by atoms with van der Waals surface area (Å²) in [5.74, 6) is 0.450. The Morgan fingerprint density at radius 1 is 1.00 bits per heavy atom. The molecular formula is C16H16O4. The first-order valence-electron chi connectivity index (χ1n) is 6.27. The van der Waals surface area contributed by atoms with E-state index in [1.165, 1.54) is 0 Å². The van der Waals surface area contributed by atoms with Crippen LogP contribution in [-0.4, -0.2) is 19.9 Å². The second-order valence-corrected chi connectivity index (χ2v) is 4.11. The molecule has 2 aromatic carbocycles. The predicted molar refractivity (Wildman–Crippen MR) is 74.6 cm³/mol.